The average molecular weight is 578 g/mol. The summed E-state index contributed by atoms with van der Waals surface area (Å²) in [6.45, 7) is 18.8. The van der Waals surface area contributed by atoms with Crippen molar-refractivity contribution in [2.75, 3.05) is 21.2 Å². The molecule has 0 radical (unpaired) electrons. The first-order valence-corrected chi connectivity index (χ1v) is 15.8. The molecule has 2 aliphatic heterocycles. The summed E-state index contributed by atoms with van der Waals surface area (Å²) in [4.78, 5) is 28.6. The summed E-state index contributed by atoms with van der Waals surface area (Å²) in [5, 5.41) is 0. The van der Waals surface area contributed by atoms with Gasteiger partial charge in [-0.15, -0.1) is 0 Å². The number of hydrogen-bond acceptors (Lipinski definition) is 7. The minimum Gasteiger partial charge on any atom is -0.462 e. The lowest BCUT2D eigenvalue weighted by atomic mass is 9.79. The van der Waals surface area contributed by atoms with Gasteiger partial charge in [0.1, 0.15) is 12.2 Å². The molecule has 7 heteroatoms. The van der Waals surface area contributed by atoms with Crippen molar-refractivity contribution in [2.24, 2.45) is 35.5 Å². The molecule has 0 spiro atoms. The fourth-order valence-corrected chi connectivity index (χ4v) is 6.74. The number of ketones is 1. The van der Waals surface area contributed by atoms with Crippen molar-refractivity contribution in [1.82, 2.24) is 4.90 Å². The summed E-state index contributed by atoms with van der Waals surface area (Å²) in [7, 11) is 5.85. The summed E-state index contributed by atoms with van der Waals surface area (Å²) in [6, 6.07) is 0.123. The van der Waals surface area contributed by atoms with E-state index in [1.807, 2.05) is 19.9 Å². The highest BCUT2D eigenvalue weighted by molar-refractivity contribution is 5.91. The van der Waals surface area contributed by atoms with Gasteiger partial charge < -0.3 is 23.8 Å². The summed E-state index contributed by atoms with van der Waals surface area (Å²) in [6.07, 6.45) is 7.01. The molecule has 0 aromatic carbocycles. The first-order chi connectivity index (χ1) is 19.2. The first-order valence-electron chi connectivity index (χ1n) is 15.8. The van der Waals surface area contributed by atoms with Crippen molar-refractivity contribution in [2.45, 2.75) is 125 Å². The first kappa shape index (κ1) is 35.7. The van der Waals surface area contributed by atoms with Crippen molar-refractivity contribution in [1.29, 1.82) is 0 Å². The van der Waals surface area contributed by atoms with Gasteiger partial charge in [0, 0.05) is 37.3 Å². The third-order valence-electron chi connectivity index (χ3n) is 9.69. The molecule has 0 bridgehead atoms. The number of methoxy groups -OCH3 is 1. The highest BCUT2D eigenvalue weighted by Crippen LogP contribution is 2.36. The molecule has 12 atom stereocenters. The second-order valence-electron chi connectivity index (χ2n) is 13.1. The Morgan fingerprint density at radius 2 is 1.59 bits per heavy atom. The number of likely N-dealkylation sites (N-methyl/N-ethyl adjacent to an activating group) is 1. The van der Waals surface area contributed by atoms with Crippen LogP contribution in [0.3, 0.4) is 0 Å². The van der Waals surface area contributed by atoms with E-state index in [0.717, 1.165) is 18.4 Å². The molecule has 2 aliphatic rings. The standard InChI is InChI=1S/C34H59NO6/c1-13-27-17-20(3)15-16-28(36)22(5)18-23(6)32(24(7)21(4)19-30(37)40-29(27)14-2)41-34-33(38-12)31(35(10)11)25(8)26(9)39-34/h15-17,21-27,29,31-34H,13-14,18-19H2,1-12H3/b16-15+,20-17+/t21-,22-,23+,24+,25?,26?,27+,29-,31?,32+,33?,34?/m1/s1. The van der Waals surface area contributed by atoms with Crippen LogP contribution in [0.2, 0.25) is 0 Å². The minimum absolute atomic E-state index is 0.00852. The summed E-state index contributed by atoms with van der Waals surface area (Å²) >= 11 is 0. The van der Waals surface area contributed by atoms with E-state index in [1.54, 1.807) is 13.2 Å². The lowest BCUT2D eigenvalue weighted by molar-refractivity contribution is -0.297. The normalized spacial score (nSPS) is 42.4. The molecule has 0 saturated carbocycles. The maximum Gasteiger partial charge on any atom is 0.306 e. The van der Waals surface area contributed by atoms with Gasteiger partial charge in [0.2, 0.25) is 0 Å². The molecule has 236 valence electrons. The van der Waals surface area contributed by atoms with Crippen molar-refractivity contribution in [3.63, 3.8) is 0 Å². The Morgan fingerprint density at radius 3 is 2.15 bits per heavy atom. The number of carbonyl (C=O) groups is 2. The van der Waals surface area contributed by atoms with Crippen LogP contribution in [0, 0.1) is 35.5 Å². The molecular formula is C34H59NO6. The number of cyclic esters (lactones) is 1. The van der Waals surface area contributed by atoms with Crippen LogP contribution in [0.15, 0.2) is 23.8 Å². The van der Waals surface area contributed by atoms with E-state index in [2.05, 4.69) is 73.5 Å². The summed E-state index contributed by atoms with van der Waals surface area (Å²) in [5.74, 6) is 0.206. The van der Waals surface area contributed by atoms with Gasteiger partial charge in [0.25, 0.3) is 0 Å². The van der Waals surface area contributed by atoms with Gasteiger partial charge in [-0.05, 0) is 71.0 Å². The molecule has 7 nitrogen and oxygen atoms in total. The van der Waals surface area contributed by atoms with E-state index >= 15 is 0 Å². The highest BCUT2D eigenvalue weighted by Gasteiger charge is 2.46. The zero-order chi connectivity index (χ0) is 31.0. The highest BCUT2D eigenvalue weighted by atomic mass is 16.7. The number of nitrogens with zero attached hydrogens (tertiary/aromatic N) is 1. The number of carbonyl (C=O) groups excluding carboxylic acids is 2. The molecule has 41 heavy (non-hydrogen) atoms. The third kappa shape index (κ3) is 9.47. The quantitative estimate of drug-likeness (QED) is 0.336. The van der Waals surface area contributed by atoms with E-state index in [1.165, 1.54) is 0 Å². The Morgan fingerprint density at radius 1 is 0.927 bits per heavy atom. The maximum absolute atomic E-state index is 13.2. The molecule has 0 aromatic rings. The smallest absolute Gasteiger partial charge is 0.306 e. The molecule has 2 heterocycles. The fourth-order valence-electron chi connectivity index (χ4n) is 6.74. The van der Waals surface area contributed by atoms with E-state index < -0.39 is 6.29 Å². The van der Waals surface area contributed by atoms with E-state index in [0.29, 0.717) is 12.8 Å². The zero-order valence-electron chi connectivity index (χ0n) is 27.9. The van der Waals surface area contributed by atoms with Crippen molar-refractivity contribution >= 4 is 11.8 Å². The number of ether oxygens (including phenoxy) is 4. The van der Waals surface area contributed by atoms with Gasteiger partial charge in [-0.3, -0.25) is 9.59 Å². The fraction of sp³-hybridized carbons (Fsp3) is 0.824. The van der Waals surface area contributed by atoms with Crippen molar-refractivity contribution in [3.05, 3.63) is 23.8 Å². The largest absolute Gasteiger partial charge is 0.462 e. The number of rotatable bonds is 6. The Balaban J connectivity index is 2.45. The van der Waals surface area contributed by atoms with Crippen LogP contribution >= 0.6 is 0 Å². The SMILES string of the molecule is CC[C@H]1/C=C(C)/C=C/C(=O)[C@H](C)C[C@H](C)[C@H](OC2OC(C)C(C)C(N(C)C)C2OC)[C@@H](C)[C@H](C)CC(=O)O[C@@H]1CC. The van der Waals surface area contributed by atoms with Gasteiger partial charge in [0.15, 0.2) is 12.1 Å². The van der Waals surface area contributed by atoms with Crippen LogP contribution in [0.5, 0.6) is 0 Å². The van der Waals surface area contributed by atoms with Crippen LogP contribution in [-0.2, 0) is 28.5 Å². The lowest BCUT2D eigenvalue weighted by Crippen LogP contribution is -2.60. The molecule has 0 amide bonds. The molecule has 1 saturated heterocycles. The summed E-state index contributed by atoms with van der Waals surface area (Å²) in [5.41, 5.74) is 1.01. The topological polar surface area (TPSA) is 74.3 Å². The number of hydrogen-bond donors (Lipinski definition) is 0. The van der Waals surface area contributed by atoms with Crippen LogP contribution < -0.4 is 0 Å². The minimum atomic E-state index is -0.563. The Kier molecular flexibility index (Phi) is 14.2. The predicted octanol–water partition coefficient (Wildman–Crippen LogP) is 6.46. The van der Waals surface area contributed by atoms with Gasteiger partial charge in [-0.2, -0.15) is 0 Å². The van der Waals surface area contributed by atoms with Crippen LogP contribution in [0.25, 0.3) is 0 Å². The number of allylic oxidation sites excluding steroid dienone is 3. The molecule has 0 N–H and O–H groups in total. The summed E-state index contributed by atoms with van der Waals surface area (Å²) < 4.78 is 25.4. The molecule has 0 aliphatic carbocycles. The molecule has 5 unspecified atom stereocenters. The second-order valence-corrected chi connectivity index (χ2v) is 13.1. The van der Waals surface area contributed by atoms with Crippen LogP contribution in [-0.4, -0.2) is 74.6 Å². The van der Waals surface area contributed by atoms with Crippen molar-refractivity contribution in [3.8, 4) is 0 Å². The lowest BCUT2D eigenvalue weighted by Gasteiger charge is -2.48. The van der Waals surface area contributed by atoms with E-state index in [-0.39, 0.29) is 77.7 Å². The predicted molar refractivity (Wildman–Crippen MR) is 164 cm³/mol. The van der Waals surface area contributed by atoms with Crippen LogP contribution in [0.4, 0.5) is 0 Å². The third-order valence-corrected chi connectivity index (χ3v) is 9.69. The Bertz CT molecular complexity index is 900. The number of esters is 1. The van der Waals surface area contributed by atoms with Gasteiger partial charge in [-0.1, -0.05) is 66.2 Å². The Labute approximate surface area is 250 Å². The van der Waals surface area contributed by atoms with E-state index in [4.69, 9.17) is 18.9 Å². The molecule has 1 fully saturated rings. The molecular weight excluding hydrogens is 518 g/mol. The van der Waals surface area contributed by atoms with Crippen molar-refractivity contribution < 1.29 is 28.5 Å². The van der Waals surface area contributed by atoms with Crippen LogP contribution in [0.1, 0.15) is 88.0 Å². The van der Waals surface area contributed by atoms with E-state index in [9.17, 15) is 9.59 Å². The molecule has 2 rings (SSSR count). The Hall–Kier alpha value is -1.54. The molecule has 0 aromatic heterocycles. The van der Waals surface area contributed by atoms with Gasteiger partial charge >= 0.3 is 5.97 Å². The maximum atomic E-state index is 13.2. The average Bonchev–Trinajstić information content (AvgIpc) is 2.92. The second kappa shape index (κ2) is 16.3. The zero-order valence-corrected chi connectivity index (χ0v) is 27.9. The van der Waals surface area contributed by atoms with Gasteiger partial charge in [-0.25, -0.2) is 0 Å². The van der Waals surface area contributed by atoms with Gasteiger partial charge in [0.05, 0.1) is 12.2 Å². The monoisotopic (exact) mass is 577 g/mol.